The predicted octanol–water partition coefficient (Wildman–Crippen LogP) is 4.48. The van der Waals surface area contributed by atoms with Gasteiger partial charge >= 0.3 is 0 Å². The number of piperidine rings is 1. The number of aryl methyl sites for hydroxylation is 1. The molecule has 0 saturated carbocycles. The average molecular weight is 630 g/mol. The number of pyridine rings is 1. The molecule has 4 aromatic rings. The SMILES string of the molecule is CN(c1nc(-c2ccc(F)cc2)c(C#N)s1)c1c2c(nc3c(F)cc(N4CCN(CC(=O)N5CCC(O)CC5)CC4)cc13)CC2. The van der Waals surface area contributed by atoms with Crippen molar-refractivity contribution in [3.8, 4) is 17.3 Å². The zero-order valence-corrected chi connectivity index (χ0v) is 25.8. The Morgan fingerprint density at radius 2 is 1.80 bits per heavy atom. The van der Waals surface area contributed by atoms with Crippen LogP contribution in [0.2, 0.25) is 0 Å². The Bertz CT molecular complexity index is 1810. The molecule has 2 fully saturated rings. The molecule has 2 aromatic carbocycles. The maximum Gasteiger partial charge on any atom is 0.236 e. The van der Waals surface area contributed by atoms with Gasteiger partial charge in [-0.25, -0.2) is 18.7 Å². The van der Waals surface area contributed by atoms with Gasteiger partial charge in [0.05, 0.1) is 18.3 Å². The number of hydrogen-bond donors (Lipinski definition) is 1. The molecule has 0 spiro atoms. The van der Waals surface area contributed by atoms with Crippen LogP contribution in [0.15, 0.2) is 36.4 Å². The molecule has 3 aliphatic rings. The Kier molecular flexibility index (Phi) is 7.85. The molecule has 0 atom stereocenters. The molecule has 0 unspecified atom stereocenters. The van der Waals surface area contributed by atoms with Crippen molar-refractivity contribution in [1.82, 2.24) is 19.8 Å². The van der Waals surface area contributed by atoms with Crippen molar-refractivity contribution in [2.75, 3.05) is 62.7 Å². The van der Waals surface area contributed by atoms with Gasteiger partial charge in [0.15, 0.2) is 10.9 Å². The molecule has 2 saturated heterocycles. The highest BCUT2D eigenvalue weighted by Crippen LogP contribution is 2.44. The van der Waals surface area contributed by atoms with Crippen LogP contribution >= 0.6 is 11.3 Å². The monoisotopic (exact) mass is 629 g/mol. The van der Waals surface area contributed by atoms with Crippen LogP contribution in [0.4, 0.5) is 25.3 Å². The molecule has 9 nitrogen and oxygen atoms in total. The summed E-state index contributed by atoms with van der Waals surface area (Å²) in [6.45, 7) is 4.20. The third-order valence-corrected chi connectivity index (χ3v) is 10.2. The Morgan fingerprint density at radius 1 is 1.07 bits per heavy atom. The van der Waals surface area contributed by atoms with Crippen molar-refractivity contribution in [3.63, 3.8) is 0 Å². The summed E-state index contributed by atoms with van der Waals surface area (Å²) in [7, 11) is 1.88. The second kappa shape index (κ2) is 12.0. The first kappa shape index (κ1) is 29.5. The van der Waals surface area contributed by atoms with Gasteiger partial charge in [0.2, 0.25) is 5.91 Å². The van der Waals surface area contributed by atoms with E-state index >= 15 is 4.39 Å². The van der Waals surface area contributed by atoms with E-state index in [1.54, 1.807) is 18.2 Å². The number of nitrogens with zero attached hydrogens (tertiary/aromatic N) is 7. The first-order chi connectivity index (χ1) is 21.8. The third kappa shape index (κ3) is 5.60. The van der Waals surface area contributed by atoms with Crippen molar-refractivity contribution in [1.29, 1.82) is 5.26 Å². The fourth-order valence-corrected chi connectivity index (χ4v) is 7.33. The second-order valence-corrected chi connectivity index (χ2v) is 12.9. The van der Waals surface area contributed by atoms with Crippen LogP contribution in [0, 0.1) is 23.0 Å². The molecule has 232 valence electrons. The van der Waals surface area contributed by atoms with Gasteiger partial charge in [-0.15, -0.1) is 0 Å². The lowest BCUT2D eigenvalue weighted by Gasteiger charge is -2.37. The number of amides is 1. The summed E-state index contributed by atoms with van der Waals surface area (Å²) < 4.78 is 29.3. The number of carbonyl (C=O) groups is 1. The predicted molar refractivity (Wildman–Crippen MR) is 170 cm³/mol. The van der Waals surface area contributed by atoms with Gasteiger partial charge in [0.25, 0.3) is 0 Å². The normalized spacial score (nSPS) is 17.2. The lowest BCUT2D eigenvalue weighted by Crippen LogP contribution is -2.51. The van der Waals surface area contributed by atoms with Gasteiger partial charge in [-0.05, 0) is 67.6 Å². The summed E-state index contributed by atoms with van der Waals surface area (Å²) in [5, 5.41) is 20.9. The fraction of sp³-hybridized carbons (Fsp3) is 0.394. The van der Waals surface area contributed by atoms with Crippen LogP contribution in [-0.2, 0) is 17.6 Å². The van der Waals surface area contributed by atoms with E-state index in [9.17, 15) is 19.6 Å². The number of anilines is 3. The Labute approximate surface area is 263 Å². The third-order valence-electron chi connectivity index (χ3n) is 9.17. The van der Waals surface area contributed by atoms with Gasteiger partial charge in [0.1, 0.15) is 28.0 Å². The number of nitriles is 1. The zero-order valence-electron chi connectivity index (χ0n) is 25.0. The average Bonchev–Trinajstić information content (AvgIpc) is 3.47. The van der Waals surface area contributed by atoms with Gasteiger partial charge < -0.3 is 19.8 Å². The van der Waals surface area contributed by atoms with E-state index in [1.165, 1.54) is 23.5 Å². The minimum absolute atomic E-state index is 0.0907. The molecule has 0 bridgehead atoms. The first-order valence-electron chi connectivity index (χ1n) is 15.3. The van der Waals surface area contributed by atoms with Gasteiger partial charge in [0, 0.05) is 68.6 Å². The van der Waals surface area contributed by atoms with Gasteiger partial charge in [-0.3, -0.25) is 9.69 Å². The number of hydrogen-bond acceptors (Lipinski definition) is 9. The summed E-state index contributed by atoms with van der Waals surface area (Å²) in [6.07, 6.45) is 2.52. The van der Waals surface area contributed by atoms with E-state index in [2.05, 4.69) is 20.9 Å². The molecule has 0 radical (unpaired) electrons. The summed E-state index contributed by atoms with van der Waals surface area (Å²) >= 11 is 1.25. The highest BCUT2D eigenvalue weighted by atomic mass is 32.1. The van der Waals surface area contributed by atoms with Crippen molar-refractivity contribution in [2.24, 2.45) is 0 Å². The van der Waals surface area contributed by atoms with E-state index in [1.807, 2.05) is 22.9 Å². The van der Waals surface area contributed by atoms with E-state index in [0.717, 1.165) is 35.5 Å². The summed E-state index contributed by atoms with van der Waals surface area (Å²) in [4.78, 5) is 30.8. The lowest BCUT2D eigenvalue weighted by molar-refractivity contribution is -0.134. The van der Waals surface area contributed by atoms with Crippen molar-refractivity contribution < 1.29 is 18.7 Å². The topological polar surface area (TPSA) is 99.8 Å². The largest absolute Gasteiger partial charge is 0.393 e. The summed E-state index contributed by atoms with van der Waals surface area (Å²) in [5.74, 6) is -0.660. The number of fused-ring (bicyclic) bond motifs is 2. The number of rotatable bonds is 6. The highest BCUT2D eigenvalue weighted by Gasteiger charge is 2.30. The fourth-order valence-electron chi connectivity index (χ4n) is 6.48. The Morgan fingerprint density at radius 3 is 2.47 bits per heavy atom. The molecule has 1 amide bonds. The number of likely N-dealkylation sites (tertiary alicyclic amines) is 1. The lowest BCUT2D eigenvalue weighted by atomic mass is 9.89. The molecule has 4 heterocycles. The van der Waals surface area contributed by atoms with Crippen molar-refractivity contribution >= 4 is 44.7 Å². The van der Waals surface area contributed by atoms with Crippen LogP contribution in [0.3, 0.4) is 0 Å². The minimum atomic E-state index is -0.388. The van der Waals surface area contributed by atoms with Gasteiger partial charge in [-0.1, -0.05) is 11.3 Å². The van der Waals surface area contributed by atoms with Crippen LogP contribution < -0.4 is 9.80 Å². The van der Waals surface area contributed by atoms with Crippen molar-refractivity contribution in [2.45, 2.75) is 31.8 Å². The number of aliphatic hydroxyl groups excluding tert-OH is 1. The molecule has 45 heavy (non-hydrogen) atoms. The maximum atomic E-state index is 15.8. The van der Waals surface area contributed by atoms with E-state index < -0.39 is 0 Å². The smallest absolute Gasteiger partial charge is 0.236 e. The highest BCUT2D eigenvalue weighted by molar-refractivity contribution is 7.16. The quantitative estimate of drug-likeness (QED) is 0.334. The second-order valence-electron chi connectivity index (χ2n) is 11.9. The van der Waals surface area contributed by atoms with Crippen LogP contribution in [0.25, 0.3) is 22.2 Å². The van der Waals surface area contributed by atoms with E-state index in [0.29, 0.717) is 90.8 Å². The number of halogens is 2. The molecule has 2 aliphatic heterocycles. The Balaban J connectivity index is 1.15. The molecular weight excluding hydrogens is 596 g/mol. The van der Waals surface area contributed by atoms with Crippen molar-refractivity contribution in [3.05, 3.63) is 64.2 Å². The number of piperazine rings is 1. The summed E-state index contributed by atoms with van der Waals surface area (Å²) in [5.41, 5.74) is 4.96. The molecular formula is C33H33F2N7O2S. The first-order valence-corrected chi connectivity index (χ1v) is 16.1. The van der Waals surface area contributed by atoms with Crippen LogP contribution in [0.1, 0.15) is 29.0 Å². The zero-order chi connectivity index (χ0) is 31.2. The van der Waals surface area contributed by atoms with Crippen LogP contribution in [0.5, 0.6) is 0 Å². The molecule has 1 aliphatic carbocycles. The van der Waals surface area contributed by atoms with Gasteiger partial charge in [-0.2, -0.15) is 5.26 Å². The molecule has 12 heteroatoms. The van der Waals surface area contributed by atoms with E-state index in [4.69, 9.17) is 4.98 Å². The molecule has 7 rings (SSSR count). The number of carbonyl (C=O) groups excluding carboxylic acids is 1. The number of thiazole rings is 1. The summed E-state index contributed by atoms with van der Waals surface area (Å²) in [6, 6.07) is 11.7. The molecule has 2 aromatic heterocycles. The number of aromatic nitrogens is 2. The Hall–Kier alpha value is -4.18. The van der Waals surface area contributed by atoms with E-state index in [-0.39, 0.29) is 23.6 Å². The van der Waals surface area contributed by atoms with Crippen LogP contribution in [-0.4, -0.2) is 89.7 Å². The number of benzene rings is 2. The maximum absolute atomic E-state index is 15.8. The minimum Gasteiger partial charge on any atom is -0.393 e. The molecule has 1 N–H and O–H groups in total. The standard InChI is InChI=1S/C33H33F2N7O2S/c1-39(33-38-30(28(18-36)45-33)20-2-4-21(34)5-3-20)32-24-6-7-27(24)37-31-25(32)16-22(17-26(31)35)41-14-12-40(13-15-41)19-29(44)42-10-8-23(43)9-11-42/h2-5,16-17,23,43H,6-15,19H2,1H3. The number of aliphatic hydroxyl groups is 1.